The Bertz CT molecular complexity index is 693. The van der Waals surface area contributed by atoms with Crippen LogP contribution in [0.3, 0.4) is 0 Å². The molecule has 8 heteroatoms. The van der Waals surface area contributed by atoms with Crippen LogP contribution in [0.4, 0.5) is 0 Å². The van der Waals surface area contributed by atoms with E-state index in [4.69, 9.17) is 0 Å². The van der Waals surface area contributed by atoms with Gasteiger partial charge in [-0.25, -0.2) is 4.68 Å². The number of benzene rings is 1. The lowest BCUT2D eigenvalue weighted by atomic mass is 10.2. The molecule has 0 fully saturated rings. The van der Waals surface area contributed by atoms with Gasteiger partial charge in [-0.3, -0.25) is 8.98 Å². The summed E-state index contributed by atoms with van der Waals surface area (Å²) in [5.74, 6) is 0. The van der Waals surface area contributed by atoms with E-state index in [2.05, 4.69) is 14.5 Å². The van der Waals surface area contributed by atoms with Crippen molar-refractivity contribution in [3.8, 4) is 0 Å². The lowest BCUT2D eigenvalue weighted by Crippen LogP contribution is -2.08. The number of aldehydes is 1. The standard InChI is InChI=1S/C11H13N3O4S/c1-19(16,17)18-6-2-5-14-11-4-3-9(8-15)7-10(11)12-13-14/h3-4,7-8H,2,5-6H2,1H3. The van der Waals surface area contributed by atoms with Gasteiger partial charge in [0.2, 0.25) is 0 Å². The van der Waals surface area contributed by atoms with Gasteiger partial charge in [0.15, 0.2) is 0 Å². The molecule has 0 atom stereocenters. The van der Waals surface area contributed by atoms with Gasteiger partial charge in [-0.15, -0.1) is 5.10 Å². The van der Waals surface area contributed by atoms with Crippen LogP contribution in [0.1, 0.15) is 16.8 Å². The fourth-order valence-electron chi connectivity index (χ4n) is 1.65. The minimum atomic E-state index is -3.40. The Labute approximate surface area is 110 Å². The maximum Gasteiger partial charge on any atom is 0.264 e. The van der Waals surface area contributed by atoms with Crippen LogP contribution in [0.25, 0.3) is 11.0 Å². The molecule has 0 unspecified atom stereocenters. The van der Waals surface area contributed by atoms with Gasteiger partial charge < -0.3 is 0 Å². The first-order chi connectivity index (χ1) is 8.99. The monoisotopic (exact) mass is 283 g/mol. The number of aromatic nitrogens is 3. The van der Waals surface area contributed by atoms with Crippen molar-refractivity contribution in [3.05, 3.63) is 23.8 Å². The van der Waals surface area contributed by atoms with Crippen LogP contribution < -0.4 is 0 Å². The van der Waals surface area contributed by atoms with Gasteiger partial charge >= 0.3 is 0 Å². The second-order valence-electron chi connectivity index (χ2n) is 4.06. The van der Waals surface area contributed by atoms with Crippen molar-refractivity contribution >= 4 is 27.4 Å². The van der Waals surface area contributed by atoms with E-state index >= 15 is 0 Å². The van der Waals surface area contributed by atoms with Crippen LogP contribution in [-0.2, 0) is 20.8 Å². The third-order valence-electron chi connectivity index (χ3n) is 2.49. The van der Waals surface area contributed by atoms with Gasteiger partial charge in [-0.05, 0) is 24.6 Å². The highest BCUT2D eigenvalue weighted by molar-refractivity contribution is 7.85. The molecule has 7 nitrogen and oxygen atoms in total. The summed E-state index contributed by atoms with van der Waals surface area (Å²) in [5.41, 5.74) is 1.97. The number of hydrogen-bond donors (Lipinski definition) is 0. The fourth-order valence-corrected chi connectivity index (χ4v) is 2.07. The third kappa shape index (κ3) is 3.58. The highest BCUT2D eigenvalue weighted by Crippen LogP contribution is 2.12. The zero-order valence-corrected chi connectivity index (χ0v) is 11.1. The Hall–Kier alpha value is -1.80. The molecule has 0 N–H and O–H groups in total. The topological polar surface area (TPSA) is 91.2 Å². The Morgan fingerprint density at radius 3 is 2.89 bits per heavy atom. The van der Waals surface area contributed by atoms with Crippen molar-refractivity contribution in [1.29, 1.82) is 0 Å². The first-order valence-electron chi connectivity index (χ1n) is 5.62. The molecule has 0 aliphatic rings. The summed E-state index contributed by atoms with van der Waals surface area (Å²) in [6, 6.07) is 5.09. The minimum Gasteiger partial charge on any atom is -0.298 e. The summed E-state index contributed by atoms with van der Waals surface area (Å²) in [6.45, 7) is 0.596. The number of aryl methyl sites for hydroxylation is 1. The van der Waals surface area contributed by atoms with Crippen molar-refractivity contribution in [1.82, 2.24) is 15.0 Å². The number of carbonyl (C=O) groups is 1. The van der Waals surface area contributed by atoms with Gasteiger partial charge in [-0.2, -0.15) is 8.42 Å². The molecular formula is C11H13N3O4S. The number of rotatable bonds is 6. The Balaban J connectivity index is 2.03. The summed E-state index contributed by atoms with van der Waals surface area (Å²) < 4.78 is 27.9. The van der Waals surface area contributed by atoms with E-state index in [0.717, 1.165) is 18.1 Å². The Morgan fingerprint density at radius 1 is 1.42 bits per heavy atom. The summed E-state index contributed by atoms with van der Waals surface area (Å²) in [4.78, 5) is 10.6. The van der Waals surface area contributed by atoms with Crippen LogP contribution in [-0.4, -0.2) is 42.6 Å². The predicted octanol–water partition coefficient (Wildman–Crippen LogP) is 0.610. The number of fused-ring (bicyclic) bond motifs is 1. The zero-order valence-electron chi connectivity index (χ0n) is 10.3. The smallest absolute Gasteiger partial charge is 0.264 e. The van der Waals surface area contributed by atoms with Crippen LogP contribution >= 0.6 is 0 Å². The van der Waals surface area contributed by atoms with Crippen molar-refractivity contribution in [3.63, 3.8) is 0 Å². The molecule has 1 aromatic carbocycles. The van der Waals surface area contributed by atoms with E-state index in [1.165, 1.54) is 0 Å². The molecule has 0 radical (unpaired) electrons. The second-order valence-corrected chi connectivity index (χ2v) is 5.70. The van der Waals surface area contributed by atoms with Crippen molar-refractivity contribution in [2.24, 2.45) is 0 Å². The molecule has 0 bridgehead atoms. The molecule has 102 valence electrons. The molecular weight excluding hydrogens is 270 g/mol. The van der Waals surface area contributed by atoms with Gasteiger partial charge in [0, 0.05) is 12.1 Å². The molecule has 0 spiro atoms. The van der Waals surface area contributed by atoms with E-state index in [-0.39, 0.29) is 6.61 Å². The molecule has 1 aromatic heterocycles. The summed E-state index contributed by atoms with van der Waals surface area (Å²) in [5, 5.41) is 7.90. The molecule has 0 aliphatic heterocycles. The van der Waals surface area contributed by atoms with E-state index in [0.29, 0.717) is 24.0 Å². The van der Waals surface area contributed by atoms with Crippen molar-refractivity contribution in [2.75, 3.05) is 12.9 Å². The summed E-state index contributed by atoms with van der Waals surface area (Å²) in [7, 11) is -3.40. The predicted molar refractivity (Wildman–Crippen MR) is 68.3 cm³/mol. The highest BCUT2D eigenvalue weighted by Gasteiger charge is 2.06. The normalized spacial score (nSPS) is 11.8. The van der Waals surface area contributed by atoms with Crippen molar-refractivity contribution in [2.45, 2.75) is 13.0 Å². The number of nitrogens with zero attached hydrogens (tertiary/aromatic N) is 3. The van der Waals surface area contributed by atoms with E-state index in [1.54, 1.807) is 22.9 Å². The maximum absolute atomic E-state index is 10.8. The Kier molecular flexibility index (Phi) is 3.91. The first kappa shape index (κ1) is 13.6. The van der Waals surface area contributed by atoms with Crippen LogP contribution in [0.2, 0.25) is 0 Å². The van der Waals surface area contributed by atoms with E-state index < -0.39 is 10.1 Å². The van der Waals surface area contributed by atoms with Crippen LogP contribution in [0.15, 0.2) is 18.2 Å². The molecule has 0 amide bonds. The van der Waals surface area contributed by atoms with E-state index in [1.807, 2.05) is 0 Å². The van der Waals surface area contributed by atoms with Gasteiger partial charge in [0.1, 0.15) is 11.8 Å². The number of carbonyl (C=O) groups excluding carboxylic acids is 1. The summed E-state index contributed by atoms with van der Waals surface area (Å²) >= 11 is 0. The molecule has 2 rings (SSSR count). The fraction of sp³-hybridized carbons (Fsp3) is 0.364. The molecule has 1 heterocycles. The zero-order chi connectivity index (χ0) is 13.9. The highest BCUT2D eigenvalue weighted by atomic mass is 32.2. The molecule has 0 aliphatic carbocycles. The summed E-state index contributed by atoms with van der Waals surface area (Å²) in [6.07, 6.45) is 2.26. The quantitative estimate of drug-likeness (QED) is 0.438. The average molecular weight is 283 g/mol. The van der Waals surface area contributed by atoms with Crippen molar-refractivity contribution < 1.29 is 17.4 Å². The molecule has 2 aromatic rings. The van der Waals surface area contributed by atoms with Crippen LogP contribution in [0, 0.1) is 0 Å². The molecule has 0 saturated heterocycles. The second kappa shape index (κ2) is 5.45. The Morgan fingerprint density at radius 2 is 2.21 bits per heavy atom. The minimum absolute atomic E-state index is 0.104. The lowest BCUT2D eigenvalue weighted by molar-refractivity contribution is 0.112. The van der Waals surface area contributed by atoms with Gasteiger partial charge in [-0.1, -0.05) is 5.21 Å². The maximum atomic E-state index is 10.8. The lowest BCUT2D eigenvalue weighted by Gasteiger charge is -2.02. The van der Waals surface area contributed by atoms with Crippen LogP contribution in [0.5, 0.6) is 0 Å². The number of hydrogen-bond acceptors (Lipinski definition) is 6. The van der Waals surface area contributed by atoms with E-state index in [9.17, 15) is 13.2 Å². The molecule has 0 saturated carbocycles. The van der Waals surface area contributed by atoms with Gasteiger partial charge in [0.25, 0.3) is 10.1 Å². The average Bonchev–Trinajstić information content (AvgIpc) is 2.75. The molecule has 19 heavy (non-hydrogen) atoms. The third-order valence-corrected chi connectivity index (χ3v) is 3.08. The van der Waals surface area contributed by atoms with Gasteiger partial charge in [0.05, 0.1) is 18.4 Å². The SMILES string of the molecule is CS(=O)(=O)OCCCn1nnc2cc(C=O)ccc21. The largest absolute Gasteiger partial charge is 0.298 e. The first-order valence-corrected chi connectivity index (χ1v) is 7.44.